The second-order valence-electron chi connectivity index (χ2n) is 4.12. The summed E-state index contributed by atoms with van der Waals surface area (Å²) < 4.78 is 31.3. The Morgan fingerprint density at radius 1 is 1.17 bits per heavy atom. The van der Waals surface area contributed by atoms with E-state index in [4.69, 9.17) is 16.3 Å². The van der Waals surface area contributed by atoms with Gasteiger partial charge < -0.3 is 4.74 Å². The van der Waals surface area contributed by atoms with Crippen molar-refractivity contribution in [2.75, 3.05) is 25.6 Å². The molecule has 18 heavy (non-hydrogen) atoms. The molecule has 2 rings (SSSR count). The molecule has 0 bridgehead atoms. The molecule has 0 spiro atoms. The Bertz CT molecular complexity index is 481. The molecule has 100 valence electrons. The molecular formula is C12H16ClNO3S. The predicted molar refractivity (Wildman–Crippen MR) is 70.6 cm³/mol. The van der Waals surface area contributed by atoms with E-state index >= 15 is 0 Å². The van der Waals surface area contributed by atoms with Gasteiger partial charge in [-0.3, -0.25) is 0 Å². The Kier molecular flexibility index (Phi) is 4.48. The summed E-state index contributed by atoms with van der Waals surface area (Å²) in [6, 6.07) is 6.49. The van der Waals surface area contributed by atoms with Gasteiger partial charge in [-0.05, 0) is 37.1 Å². The zero-order valence-corrected chi connectivity index (χ0v) is 11.6. The maximum atomic E-state index is 12.2. The van der Waals surface area contributed by atoms with Gasteiger partial charge in [0.05, 0.1) is 10.8 Å². The van der Waals surface area contributed by atoms with Crippen LogP contribution in [0.15, 0.2) is 29.2 Å². The van der Waals surface area contributed by atoms with Crippen molar-refractivity contribution >= 4 is 21.6 Å². The van der Waals surface area contributed by atoms with E-state index in [1.54, 1.807) is 24.3 Å². The maximum absolute atomic E-state index is 12.2. The van der Waals surface area contributed by atoms with E-state index in [0.717, 1.165) is 12.8 Å². The minimum Gasteiger partial charge on any atom is -0.492 e. The van der Waals surface area contributed by atoms with Crippen molar-refractivity contribution in [3.8, 4) is 5.75 Å². The number of sulfonamides is 1. The lowest BCUT2D eigenvalue weighted by atomic mass is 10.3. The first kappa shape index (κ1) is 13.6. The second-order valence-corrected chi connectivity index (χ2v) is 6.44. The zero-order chi connectivity index (χ0) is 13.0. The molecule has 1 aliphatic rings. The minimum absolute atomic E-state index is 0.322. The Morgan fingerprint density at radius 3 is 2.33 bits per heavy atom. The summed E-state index contributed by atoms with van der Waals surface area (Å²) in [6.07, 6.45) is 1.88. The van der Waals surface area contributed by atoms with E-state index in [1.165, 1.54) is 4.31 Å². The SMILES string of the molecule is O=S(=O)(c1ccc(OCCCl)cc1)N1CCCC1. The average Bonchev–Trinajstić information content (AvgIpc) is 2.91. The normalized spacial score (nSPS) is 16.9. The molecule has 6 heteroatoms. The first-order valence-electron chi connectivity index (χ1n) is 5.93. The van der Waals surface area contributed by atoms with Crippen LogP contribution in [0.3, 0.4) is 0 Å². The number of ether oxygens (including phenoxy) is 1. The van der Waals surface area contributed by atoms with Crippen LogP contribution in [0.2, 0.25) is 0 Å². The standard InChI is InChI=1S/C12H16ClNO3S/c13-7-10-17-11-3-5-12(6-4-11)18(15,16)14-8-1-2-9-14/h3-6H,1-2,7-10H2. The van der Waals surface area contributed by atoms with Crippen LogP contribution in [0.25, 0.3) is 0 Å². The van der Waals surface area contributed by atoms with Gasteiger partial charge in [-0.15, -0.1) is 11.6 Å². The van der Waals surface area contributed by atoms with Crippen molar-refractivity contribution in [3.05, 3.63) is 24.3 Å². The summed E-state index contributed by atoms with van der Waals surface area (Å²) in [5.74, 6) is 1.05. The Hall–Kier alpha value is -0.780. The van der Waals surface area contributed by atoms with Crippen LogP contribution in [0.1, 0.15) is 12.8 Å². The van der Waals surface area contributed by atoms with Gasteiger partial charge in [-0.25, -0.2) is 8.42 Å². The molecule has 0 radical (unpaired) electrons. The first-order chi connectivity index (χ1) is 8.64. The van der Waals surface area contributed by atoms with Crippen molar-refractivity contribution in [2.45, 2.75) is 17.7 Å². The third-order valence-electron chi connectivity index (χ3n) is 2.87. The highest BCUT2D eigenvalue weighted by Crippen LogP contribution is 2.22. The third kappa shape index (κ3) is 2.96. The van der Waals surface area contributed by atoms with Crippen LogP contribution in [0, 0.1) is 0 Å². The fraction of sp³-hybridized carbons (Fsp3) is 0.500. The van der Waals surface area contributed by atoms with Gasteiger partial charge in [0.15, 0.2) is 0 Å². The molecule has 0 atom stereocenters. The number of alkyl halides is 1. The molecule has 1 saturated heterocycles. The molecule has 0 N–H and O–H groups in total. The van der Waals surface area contributed by atoms with Crippen LogP contribution in [0.5, 0.6) is 5.75 Å². The Balaban J connectivity index is 2.13. The van der Waals surface area contributed by atoms with Crippen molar-refractivity contribution in [1.82, 2.24) is 4.31 Å². The van der Waals surface area contributed by atoms with E-state index in [9.17, 15) is 8.42 Å². The van der Waals surface area contributed by atoms with Crippen LogP contribution in [-0.2, 0) is 10.0 Å². The van der Waals surface area contributed by atoms with Gasteiger partial charge in [-0.1, -0.05) is 0 Å². The molecule has 1 fully saturated rings. The van der Waals surface area contributed by atoms with E-state index in [-0.39, 0.29) is 0 Å². The van der Waals surface area contributed by atoms with Crippen LogP contribution >= 0.6 is 11.6 Å². The number of halogens is 1. The Labute approximate surface area is 113 Å². The van der Waals surface area contributed by atoms with Gasteiger partial charge in [0, 0.05) is 13.1 Å². The summed E-state index contributed by atoms with van der Waals surface area (Å²) in [7, 11) is -3.32. The number of benzene rings is 1. The van der Waals surface area contributed by atoms with Crippen LogP contribution in [-0.4, -0.2) is 38.3 Å². The molecule has 0 unspecified atom stereocenters. The fourth-order valence-corrected chi connectivity index (χ4v) is 3.54. The molecular weight excluding hydrogens is 274 g/mol. The van der Waals surface area contributed by atoms with Crippen molar-refractivity contribution in [3.63, 3.8) is 0 Å². The summed E-state index contributed by atoms with van der Waals surface area (Å²) >= 11 is 5.51. The number of nitrogens with zero attached hydrogens (tertiary/aromatic N) is 1. The van der Waals surface area contributed by atoms with Crippen molar-refractivity contribution in [1.29, 1.82) is 0 Å². The highest BCUT2D eigenvalue weighted by molar-refractivity contribution is 7.89. The highest BCUT2D eigenvalue weighted by Gasteiger charge is 2.26. The largest absolute Gasteiger partial charge is 0.492 e. The monoisotopic (exact) mass is 289 g/mol. The van der Waals surface area contributed by atoms with Crippen molar-refractivity contribution < 1.29 is 13.2 Å². The first-order valence-corrected chi connectivity index (χ1v) is 7.91. The topological polar surface area (TPSA) is 46.6 Å². The molecule has 1 aromatic rings. The van der Waals surface area contributed by atoms with E-state index in [1.807, 2.05) is 0 Å². The zero-order valence-electron chi connectivity index (χ0n) is 10.0. The van der Waals surface area contributed by atoms with Crippen LogP contribution < -0.4 is 4.74 Å². The smallest absolute Gasteiger partial charge is 0.243 e. The number of hydrogen-bond donors (Lipinski definition) is 0. The number of hydrogen-bond acceptors (Lipinski definition) is 3. The summed E-state index contributed by atoms with van der Waals surface area (Å²) in [6.45, 7) is 1.65. The van der Waals surface area contributed by atoms with E-state index < -0.39 is 10.0 Å². The molecule has 0 saturated carbocycles. The molecule has 1 aliphatic heterocycles. The van der Waals surface area contributed by atoms with Crippen LogP contribution in [0.4, 0.5) is 0 Å². The van der Waals surface area contributed by atoms with Gasteiger partial charge in [0.25, 0.3) is 0 Å². The summed E-state index contributed by atoms with van der Waals surface area (Å²) in [5.41, 5.74) is 0. The van der Waals surface area contributed by atoms with Gasteiger partial charge >= 0.3 is 0 Å². The van der Waals surface area contributed by atoms with Gasteiger partial charge in [0.2, 0.25) is 10.0 Å². The molecule has 4 nitrogen and oxygen atoms in total. The molecule has 0 amide bonds. The minimum atomic E-state index is -3.32. The van der Waals surface area contributed by atoms with Gasteiger partial charge in [-0.2, -0.15) is 4.31 Å². The lowest BCUT2D eigenvalue weighted by Gasteiger charge is -2.15. The highest BCUT2D eigenvalue weighted by atomic mass is 35.5. The van der Waals surface area contributed by atoms with Crippen molar-refractivity contribution in [2.24, 2.45) is 0 Å². The average molecular weight is 290 g/mol. The third-order valence-corrected chi connectivity index (χ3v) is 4.94. The van der Waals surface area contributed by atoms with Gasteiger partial charge in [0.1, 0.15) is 12.4 Å². The fourth-order valence-electron chi connectivity index (χ4n) is 1.94. The lowest BCUT2D eigenvalue weighted by Crippen LogP contribution is -2.27. The number of rotatable bonds is 5. The molecule has 0 aliphatic carbocycles. The molecule has 1 heterocycles. The quantitative estimate of drug-likeness (QED) is 0.780. The summed E-state index contributed by atoms with van der Waals surface area (Å²) in [5, 5.41) is 0. The molecule has 0 aromatic heterocycles. The second kappa shape index (κ2) is 5.91. The lowest BCUT2D eigenvalue weighted by molar-refractivity contribution is 0.342. The predicted octanol–water partition coefficient (Wildman–Crippen LogP) is 2.09. The van der Waals surface area contributed by atoms with E-state index in [0.29, 0.717) is 36.2 Å². The maximum Gasteiger partial charge on any atom is 0.243 e. The van der Waals surface area contributed by atoms with E-state index in [2.05, 4.69) is 0 Å². The molecule has 1 aromatic carbocycles. The Morgan fingerprint density at radius 2 is 1.78 bits per heavy atom. The summed E-state index contributed by atoms with van der Waals surface area (Å²) in [4.78, 5) is 0.322.